The number of nitrogens with one attached hydrogen (secondary N) is 1. The first-order chi connectivity index (χ1) is 11.2. The van der Waals surface area contributed by atoms with E-state index < -0.39 is 0 Å². The molecule has 1 saturated carbocycles. The van der Waals surface area contributed by atoms with Gasteiger partial charge in [0.1, 0.15) is 5.75 Å². The molecule has 0 unspecified atom stereocenters. The van der Waals surface area contributed by atoms with Gasteiger partial charge in [-0.1, -0.05) is 15.9 Å². The predicted octanol–water partition coefficient (Wildman–Crippen LogP) is 3.41. The van der Waals surface area contributed by atoms with Gasteiger partial charge in [-0.15, -0.1) is 12.4 Å². The highest BCUT2D eigenvalue weighted by Gasteiger charge is 2.26. The number of ether oxygens (including phenoxy) is 1. The molecule has 0 radical (unpaired) electrons. The van der Waals surface area contributed by atoms with E-state index in [2.05, 4.69) is 21.2 Å². The maximum absolute atomic E-state index is 12.6. The third kappa shape index (κ3) is 5.36. The summed E-state index contributed by atoms with van der Waals surface area (Å²) >= 11 is 3.46. The monoisotopic (exact) mass is 416 g/mol. The summed E-state index contributed by atoms with van der Waals surface area (Å²) in [6.07, 6.45) is 5.31. The zero-order chi connectivity index (χ0) is 16.2. The van der Waals surface area contributed by atoms with Crippen molar-refractivity contribution in [1.29, 1.82) is 0 Å². The minimum absolute atomic E-state index is 0. The molecule has 24 heavy (non-hydrogen) atoms. The quantitative estimate of drug-likeness (QED) is 0.771. The lowest BCUT2D eigenvalue weighted by Crippen LogP contribution is -2.45. The van der Waals surface area contributed by atoms with Crippen LogP contribution in [0.3, 0.4) is 0 Å². The summed E-state index contributed by atoms with van der Waals surface area (Å²) in [4.78, 5) is 14.6. The molecule has 1 heterocycles. The van der Waals surface area contributed by atoms with Gasteiger partial charge in [-0.05, 0) is 56.3 Å². The van der Waals surface area contributed by atoms with Gasteiger partial charge in [0.25, 0.3) is 0 Å². The predicted molar refractivity (Wildman–Crippen MR) is 102 cm³/mol. The molecule has 6 heteroatoms. The second-order valence-electron chi connectivity index (χ2n) is 6.64. The number of rotatable bonds is 6. The zero-order valence-corrected chi connectivity index (χ0v) is 16.5. The SMILES string of the molecule is COc1ccc(Br)cc1CC(=O)N1CCC(NCC2CC2)CC1.Cl. The highest BCUT2D eigenvalue weighted by molar-refractivity contribution is 9.10. The zero-order valence-electron chi connectivity index (χ0n) is 14.1. The van der Waals surface area contributed by atoms with Gasteiger partial charge in [-0.3, -0.25) is 4.79 Å². The molecule has 0 spiro atoms. The van der Waals surface area contributed by atoms with Gasteiger partial charge >= 0.3 is 0 Å². The number of piperidine rings is 1. The molecule has 0 atom stereocenters. The number of halogens is 2. The number of benzene rings is 1. The van der Waals surface area contributed by atoms with Crippen LogP contribution < -0.4 is 10.1 Å². The Morgan fingerprint density at radius 1 is 1.29 bits per heavy atom. The van der Waals surface area contributed by atoms with Crippen LogP contribution in [0.4, 0.5) is 0 Å². The number of carbonyl (C=O) groups is 1. The molecule has 1 aliphatic carbocycles. The van der Waals surface area contributed by atoms with E-state index in [1.54, 1.807) is 7.11 Å². The number of amides is 1. The highest BCUT2D eigenvalue weighted by Crippen LogP contribution is 2.28. The molecule has 3 rings (SSSR count). The Balaban J connectivity index is 0.00000208. The molecule has 1 saturated heterocycles. The van der Waals surface area contributed by atoms with Crippen molar-refractivity contribution in [1.82, 2.24) is 10.2 Å². The van der Waals surface area contributed by atoms with Crippen LogP contribution in [-0.4, -0.2) is 43.6 Å². The number of hydrogen-bond acceptors (Lipinski definition) is 3. The van der Waals surface area contributed by atoms with Crippen LogP contribution in [0.5, 0.6) is 5.75 Å². The van der Waals surface area contributed by atoms with E-state index in [9.17, 15) is 4.79 Å². The van der Waals surface area contributed by atoms with Gasteiger partial charge in [-0.2, -0.15) is 0 Å². The molecule has 1 aliphatic heterocycles. The summed E-state index contributed by atoms with van der Waals surface area (Å²) in [6.45, 7) is 2.88. The smallest absolute Gasteiger partial charge is 0.227 e. The Kier molecular flexibility index (Phi) is 7.38. The fourth-order valence-electron chi connectivity index (χ4n) is 3.15. The lowest BCUT2D eigenvalue weighted by molar-refractivity contribution is -0.131. The summed E-state index contributed by atoms with van der Waals surface area (Å²) in [6, 6.07) is 6.39. The second kappa shape index (κ2) is 9.07. The molecule has 2 aliphatic rings. The Hall–Kier alpha value is -0.780. The van der Waals surface area contributed by atoms with Gasteiger partial charge < -0.3 is 15.0 Å². The Morgan fingerprint density at radius 2 is 2.00 bits per heavy atom. The number of methoxy groups -OCH3 is 1. The van der Waals surface area contributed by atoms with Crippen molar-refractivity contribution in [3.8, 4) is 5.75 Å². The van der Waals surface area contributed by atoms with Gasteiger partial charge in [-0.25, -0.2) is 0 Å². The van der Waals surface area contributed by atoms with E-state index in [0.29, 0.717) is 12.5 Å². The largest absolute Gasteiger partial charge is 0.496 e. The minimum atomic E-state index is 0. The summed E-state index contributed by atoms with van der Waals surface area (Å²) in [5, 5.41) is 3.65. The van der Waals surface area contributed by atoms with Crippen LogP contribution in [0.25, 0.3) is 0 Å². The number of hydrogen-bond donors (Lipinski definition) is 1. The van der Waals surface area contributed by atoms with Crippen molar-refractivity contribution in [3.05, 3.63) is 28.2 Å². The molecular weight excluding hydrogens is 392 g/mol. The first-order valence-electron chi connectivity index (χ1n) is 8.49. The Labute approximate surface area is 158 Å². The number of likely N-dealkylation sites (tertiary alicyclic amines) is 1. The van der Waals surface area contributed by atoms with E-state index >= 15 is 0 Å². The average Bonchev–Trinajstić information content (AvgIpc) is 3.38. The first-order valence-corrected chi connectivity index (χ1v) is 9.28. The third-order valence-corrected chi connectivity index (χ3v) is 5.32. The molecule has 0 bridgehead atoms. The molecule has 1 aromatic carbocycles. The van der Waals surface area contributed by atoms with Crippen molar-refractivity contribution < 1.29 is 9.53 Å². The fourth-order valence-corrected chi connectivity index (χ4v) is 3.56. The van der Waals surface area contributed by atoms with E-state index in [1.165, 1.54) is 12.8 Å². The van der Waals surface area contributed by atoms with Crippen molar-refractivity contribution in [2.45, 2.75) is 38.1 Å². The van der Waals surface area contributed by atoms with Gasteiger partial charge in [0, 0.05) is 29.2 Å². The van der Waals surface area contributed by atoms with Crippen LogP contribution in [0.2, 0.25) is 0 Å². The van der Waals surface area contributed by atoms with Crippen molar-refractivity contribution >= 4 is 34.2 Å². The number of nitrogens with zero attached hydrogens (tertiary/aromatic N) is 1. The van der Waals surface area contributed by atoms with Crippen LogP contribution in [-0.2, 0) is 11.2 Å². The van der Waals surface area contributed by atoms with Crippen molar-refractivity contribution in [2.24, 2.45) is 5.92 Å². The highest BCUT2D eigenvalue weighted by atomic mass is 79.9. The van der Waals surface area contributed by atoms with Crippen molar-refractivity contribution in [3.63, 3.8) is 0 Å². The van der Waals surface area contributed by atoms with E-state index in [0.717, 1.165) is 54.2 Å². The van der Waals surface area contributed by atoms with Crippen molar-refractivity contribution in [2.75, 3.05) is 26.7 Å². The topological polar surface area (TPSA) is 41.6 Å². The molecule has 4 nitrogen and oxygen atoms in total. The van der Waals surface area contributed by atoms with E-state index in [1.807, 2.05) is 23.1 Å². The molecule has 1 amide bonds. The molecule has 1 N–H and O–H groups in total. The molecule has 2 fully saturated rings. The standard InChI is InChI=1S/C18H25BrN2O2.ClH/c1-23-17-5-4-15(19)10-14(17)11-18(22)21-8-6-16(7-9-21)20-12-13-2-3-13;/h4-5,10,13,16,20H,2-3,6-9,11-12H2,1H3;1H. The fraction of sp³-hybridized carbons (Fsp3) is 0.611. The third-order valence-electron chi connectivity index (χ3n) is 4.82. The number of carbonyl (C=O) groups excluding carboxylic acids is 1. The first kappa shape index (κ1) is 19.5. The maximum Gasteiger partial charge on any atom is 0.227 e. The summed E-state index contributed by atoms with van der Waals surface area (Å²) in [7, 11) is 1.65. The van der Waals surface area contributed by atoms with Crippen LogP contribution in [0, 0.1) is 5.92 Å². The molecule has 1 aromatic rings. The van der Waals surface area contributed by atoms with Crippen LogP contribution >= 0.6 is 28.3 Å². The van der Waals surface area contributed by atoms with Gasteiger partial charge in [0.05, 0.1) is 13.5 Å². The van der Waals surface area contributed by atoms with Crippen LogP contribution in [0.15, 0.2) is 22.7 Å². The Bertz CT molecular complexity index is 558. The molecule has 134 valence electrons. The normalized spacial score (nSPS) is 18.2. The minimum Gasteiger partial charge on any atom is -0.496 e. The summed E-state index contributed by atoms with van der Waals surface area (Å²) in [5.41, 5.74) is 0.945. The maximum atomic E-state index is 12.6. The van der Waals surface area contributed by atoms with Gasteiger partial charge in [0.2, 0.25) is 5.91 Å². The van der Waals surface area contributed by atoms with Gasteiger partial charge in [0.15, 0.2) is 0 Å². The summed E-state index contributed by atoms with van der Waals surface area (Å²) < 4.78 is 6.34. The molecule has 0 aromatic heterocycles. The lowest BCUT2D eigenvalue weighted by atomic mass is 10.0. The van der Waals surface area contributed by atoms with Crippen LogP contribution in [0.1, 0.15) is 31.2 Å². The van der Waals surface area contributed by atoms with E-state index in [4.69, 9.17) is 4.74 Å². The Morgan fingerprint density at radius 3 is 2.62 bits per heavy atom. The summed E-state index contributed by atoms with van der Waals surface area (Å²) in [5.74, 6) is 1.89. The lowest BCUT2D eigenvalue weighted by Gasteiger charge is -2.32. The second-order valence-corrected chi connectivity index (χ2v) is 7.56. The van der Waals surface area contributed by atoms with E-state index in [-0.39, 0.29) is 18.3 Å². The average molecular weight is 418 g/mol. The molecular formula is C18H26BrClN2O2.